The molecule has 1 aliphatic heterocycles. The number of benzene rings is 2. The average Bonchev–Trinajstić information content (AvgIpc) is 2.66. The van der Waals surface area contributed by atoms with Crippen molar-refractivity contribution in [3.8, 4) is 5.75 Å². The first kappa shape index (κ1) is 19.3. The van der Waals surface area contributed by atoms with Crippen LogP contribution in [0.15, 0.2) is 42.5 Å². The second kappa shape index (κ2) is 8.45. The van der Waals surface area contributed by atoms with E-state index in [9.17, 15) is 14.9 Å². The number of halogens is 2. The molecule has 142 valence electrons. The Morgan fingerprint density at radius 2 is 1.85 bits per heavy atom. The van der Waals surface area contributed by atoms with Gasteiger partial charge in [0.25, 0.3) is 11.6 Å². The van der Waals surface area contributed by atoms with Crippen molar-refractivity contribution in [2.24, 2.45) is 0 Å². The van der Waals surface area contributed by atoms with Gasteiger partial charge in [-0.1, -0.05) is 29.3 Å². The van der Waals surface area contributed by atoms with Crippen LogP contribution in [0.4, 0.5) is 11.4 Å². The Bertz CT molecular complexity index is 854. The van der Waals surface area contributed by atoms with Crippen LogP contribution < -0.4 is 9.64 Å². The molecule has 7 nitrogen and oxygen atoms in total. The fourth-order valence-electron chi connectivity index (χ4n) is 2.84. The number of piperazine rings is 1. The molecule has 1 aliphatic rings. The first-order valence-corrected chi connectivity index (χ1v) is 9.04. The van der Waals surface area contributed by atoms with Crippen LogP contribution in [0.1, 0.15) is 0 Å². The van der Waals surface area contributed by atoms with E-state index in [0.717, 1.165) is 5.69 Å². The molecule has 0 aliphatic carbocycles. The zero-order valence-corrected chi connectivity index (χ0v) is 15.8. The van der Waals surface area contributed by atoms with Crippen LogP contribution in [0.5, 0.6) is 5.75 Å². The number of nitro benzene ring substituents is 1. The Morgan fingerprint density at radius 3 is 2.48 bits per heavy atom. The fraction of sp³-hybridized carbons (Fsp3) is 0.278. The van der Waals surface area contributed by atoms with Gasteiger partial charge in [0.2, 0.25) is 0 Å². The largest absolute Gasteiger partial charge is 0.482 e. The summed E-state index contributed by atoms with van der Waals surface area (Å²) in [7, 11) is 0. The number of non-ortho nitro benzene ring substituents is 1. The van der Waals surface area contributed by atoms with Gasteiger partial charge in [0, 0.05) is 49.0 Å². The van der Waals surface area contributed by atoms with E-state index in [1.807, 2.05) is 24.3 Å². The lowest BCUT2D eigenvalue weighted by molar-refractivity contribution is -0.384. The molecule has 0 aromatic heterocycles. The second-order valence-corrected chi connectivity index (χ2v) is 6.85. The van der Waals surface area contributed by atoms with Gasteiger partial charge in [-0.25, -0.2) is 0 Å². The third kappa shape index (κ3) is 4.81. The van der Waals surface area contributed by atoms with Crippen molar-refractivity contribution in [2.75, 3.05) is 37.7 Å². The zero-order valence-electron chi connectivity index (χ0n) is 14.3. The summed E-state index contributed by atoms with van der Waals surface area (Å²) in [5.74, 6) is 0.0864. The Hall–Kier alpha value is -2.51. The maximum absolute atomic E-state index is 12.4. The standard InChI is InChI=1S/C18H17Cl2N3O4/c19-13-2-1-3-14(10-13)21-6-8-22(9-7-21)18(24)12-27-17-5-4-15(23(25)26)11-16(17)20/h1-5,10-11H,6-9,12H2. The van der Waals surface area contributed by atoms with E-state index in [1.54, 1.807) is 4.90 Å². The topological polar surface area (TPSA) is 75.9 Å². The predicted octanol–water partition coefficient (Wildman–Crippen LogP) is 3.63. The monoisotopic (exact) mass is 409 g/mol. The maximum atomic E-state index is 12.4. The molecule has 0 bridgehead atoms. The summed E-state index contributed by atoms with van der Waals surface area (Å²) in [4.78, 5) is 26.4. The summed E-state index contributed by atoms with van der Waals surface area (Å²) in [6.07, 6.45) is 0. The Labute approximate surface area is 166 Å². The zero-order chi connectivity index (χ0) is 19.4. The number of ether oxygens (including phenoxy) is 1. The first-order valence-electron chi connectivity index (χ1n) is 8.29. The molecule has 2 aromatic rings. The van der Waals surface area contributed by atoms with Gasteiger partial charge in [-0.15, -0.1) is 0 Å². The van der Waals surface area contributed by atoms with Crippen molar-refractivity contribution in [1.82, 2.24) is 4.90 Å². The van der Waals surface area contributed by atoms with E-state index < -0.39 is 4.92 Å². The average molecular weight is 410 g/mol. The van der Waals surface area contributed by atoms with Gasteiger partial charge in [-0.3, -0.25) is 14.9 Å². The van der Waals surface area contributed by atoms with Crippen molar-refractivity contribution >= 4 is 40.5 Å². The minimum atomic E-state index is -0.541. The highest BCUT2D eigenvalue weighted by atomic mass is 35.5. The predicted molar refractivity (Wildman–Crippen MR) is 104 cm³/mol. The van der Waals surface area contributed by atoms with Crippen LogP contribution >= 0.6 is 23.2 Å². The molecule has 0 spiro atoms. The molecule has 1 saturated heterocycles. The van der Waals surface area contributed by atoms with Crippen LogP contribution in [0.25, 0.3) is 0 Å². The van der Waals surface area contributed by atoms with Crippen LogP contribution in [0.2, 0.25) is 10.0 Å². The van der Waals surface area contributed by atoms with Gasteiger partial charge in [-0.2, -0.15) is 0 Å². The number of amides is 1. The number of carbonyl (C=O) groups excluding carboxylic acids is 1. The van der Waals surface area contributed by atoms with Crippen molar-refractivity contribution in [2.45, 2.75) is 0 Å². The van der Waals surface area contributed by atoms with Gasteiger partial charge in [0.1, 0.15) is 5.75 Å². The Balaban J connectivity index is 1.52. The lowest BCUT2D eigenvalue weighted by atomic mass is 10.2. The van der Waals surface area contributed by atoms with Crippen molar-refractivity contribution in [3.63, 3.8) is 0 Å². The number of rotatable bonds is 5. The second-order valence-electron chi connectivity index (χ2n) is 6.01. The Morgan fingerprint density at radius 1 is 1.11 bits per heavy atom. The molecule has 2 aromatic carbocycles. The van der Waals surface area contributed by atoms with E-state index in [2.05, 4.69) is 4.90 Å². The molecule has 3 rings (SSSR count). The van der Waals surface area contributed by atoms with Gasteiger partial charge in [0.15, 0.2) is 6.61 Å². The van der Waals surface area contributed by atoms with Crippen molar-refractivity contribution in [1.29, 1.82) is 0 Å². The highest BCUT2D eigenvalue weighted by Gasteiger charge is 2.22. The van der Waals surface area contributed by atoms with Crippen LogP contribution in [0.3, 0.4) is 0 Å². The molecule has 0 N–H and O–H groups in total. The fourth-order valence-corrected chi connectivity index (χ4v) is 3.25. The molecular weight excluding hydrogens is 393 g/mol. The quantitative estimate of drug-likeness (QED) is 0.556. The minimum Gasteiger partial charge on any atom is -0.482 e. The van der Waals surface area contributed by atoms with Gasteiger partial charge in [0.05, 0.1) is 9.95 Å². The molecule has 0 radical (unpaired) electrons. The summed E-state index contributed by atoms with van der Waals surface area (Å²) in [5, 5.41) is 11.5. The van der Waals surface area contributed by atoms with E-state index in [-0.39, 0.29) is 29.0 Å². The lowest BCUT2D eigenvalue weighted by Gasteiger charge is -2.36. The van der Waals surface area contributed by atoms with Crippen molar-refractivity contribution < 1.29 is 14.5 Å². The van der Waals surface area contributed by atoms with E-state index in [4.69, 9.17) is 27.9 Å². The molecule has 1 heterocycles. The van der Waals surface area contributed by atoms with Crippen molar-refractivity contribution in [3.05, 3.63) is 62.6 Å². The van der Waals surface area contributed by atoms with Crippen LogP contribution in [-0.4, -0.2) is 48.5 Å². The molecule has 0 unspecified atom stereocenters. The highest BCUT2D eigenvalue weighted by Crippen LogP contribution is 2.28. The SMILES string of the molecule is O=C(COc1ccc([N+](=O)[O-])cc1Cl)N1CCN(c2cccc(Cl)c2)CC1. The third-order valence-corrected chi connectivity index (χ3v) is 4.81. The first-order chi connectivity index (χ1) is 12.9. The molecular formula is C18H17Cl2N3O4. The third-order valence-electron chi connectivity index (χ3n) is 4.28. The number of nitrogens with zero attached hydrogens (tertiary/aromatic N) is 3. The summed E-state index contributed by atoms with van der Waals surface area (Å²) >= 11 is 12.0. The van der Waals surface area contributed by atoms with Gasteiger partial charge < -0.3 is 14.5 Å². The molecule has 1 amide bonds. The number of anilines is 1. The number of carbonyl (C=O) groups is 1. The maximum Gasteiger partial charge on any atom is 0.271 e. The normalized spacial score (nSPS) is 14.1. The summed E-state index contributed by atoms with van der Waals surface area (Å²) in [6, 6.07) is 11.5. The summed E-state index contributed by atoms with van der Waals surface area (Å²) in [5.41, 5.74) is 0.902. The summed E-state index contributed by atoms with van der Waals surface area (Å²) < 4.78 is 5.44. The van der Waals surface area contributed by atoms with E-state index >= 15 is 0 Å². The summed E-state index contributed by atoms with van der Waals surface area (Å²) in [6.45, 7) is 2.37. The Kier molecular flexibility index (Phi) is 6.03. The van der Waals surface area contributed by atoms with E-state index in [0.29, 0.717) is 31.2 Å². The molecule has 27 heavy (non-hydrogen) atoms. The smallest absolute Gasteiger partial charge is 0.271 e. The minimum absolute atomic E-state index is 0.0998. The molecule has 0 atom stereocenters. The van der Waals surface area contributed by atoms with E-state index in [1.165, 1.54) is 18.2 Å². The number of hydrogen-bond donors (Lipinski definition) is 0. The van der Waals surface area contributed by atoms with Crippen LogP contribution in [-0.2, 0) is 4.79 Å². The van der Waals surface area contributed by atoms with Gasteiger partial charge >= 0.3 is 0 Å². The van der Waals surface area contributed by atoms with Gasteiger partial charge in [-0.05, 0) is 24.3 Å². The number of nitro groups is 1. The van der Waals surface area contributed by atoms with Crippen LogP contribution in [0, 0.1) is 10.1 Å². The lowest BCUT2D eigenvalue weighted by Crippen LogP contribution is -2.50. The molecule has 9 heteroatoms. The highest BCUT2D eigenvalue weighted by molar-refractivity contribution is 6.32. The molecule has 0 saturated carbocycles. The number of hydrogen-bond acceptors (Lipinski definition) is 5. The molecule has 1 fully saturated rings.